The van der Waals surface area contributed by atoms with E-state index in [0.29, 0.717) is 30.7 Å². The topological polar surface area (TPSA) is 96.7 Å². The first-order chi connectivity index (χ1) is 12.9. The highest BCUT2D eigenvalue weighted by molar-refractivity contribution is 5.97. The molecule has 1 saturated heterocycles. The summed E-state index contributed by atoms with van der Waals surface area (Å²) < 4.78 is 5.52. The first-order valence-corrected chi connectivity index (χ1v) is 9.35. The van der Waals surface area contributed by atoms with Crippen molar-refractivity contribution in [3.8, 4) is 0 Å². The third-order valence-corrected chi connectivity index (χ3v) is 6.24. The average molecular weight is 370 g/mol. The average Bonchev–Trinajstić information content (AvgIpc) is 3.02. The molecule has 1 saturated carbocycles. The van der Waals surface area contributed by atoms with Gasteiger partial charge in [-0.3, -0.25) is 9.59 Å². The van der Waals surface area contributed by atoms with E-state index >= 15 is 0 Å². The number of carbonyl (C=O) groups is 2. The molecule has 0 aromatic heterocycles. The van der Waals surface area contributed by atoms with E-state index < -0.39 is 11.4 Å². The van der Waals surface area contributed by atoms with E-state index in [1.807, 2.05) is 37.1 Å². The van der Waals surface area contributed by atoms with Gasteiger partial charge in [0.1, 0.15) is 11.2 Å². The highest BCUT2D eigenvalue weighted by atomic mass is 16.5. The van der Waals surface area contributed by atoms with E-state index in [1.54, 1.807) is 13.1 Å². The minimum atomic E-state index is -1.05. The van der Waals surface area contributed by atoms with Gasteiger partial charge in [-0.15, -0.1) is 0 Å². The van der Waals surface area contributed by atoms with Gasteiger partial charge in [0.25, 0.3) is 5.91 Å². The lowest BCUT2D eigenvalue weighted by Gasteiger charge is -2.40. The number of aryl methyl sites for hydroxylation is 1. The zero-order valence-corrected chi connectivity index (χ0v) is 15.9. The Hall–Kier alpha value is -2.38. The van der Waals surface area contributed by atoms with Gasteiger partial charge >= 0.3 is 0 Å². The number of carbonyl (C=O) groups excluding carboxylic acids is 2. The number of hydrogen-bond donors (Lipinski definition) is 3. The van der Waals surface area contributed by atoms with Gasteiger partial charge < -0.3 is 21.2 Å². The number of hydrazine groups is 1. The predicted octanol–water partition coefficient (Wildman–Crippen LogP) is 0.623. The van der Waals surface area contributed by atoms with Gasteiger partial charge in [0, 0.05) is 13.0 Å². The number of fused-ring (bicyclic) bond motifs is 1. The molecule has 0 spiro atoms. The summed E-state index contributed by atoms with van der Waals surface area (Å²) in [5, 5.41) is 4.50. The summed E-state index contributed by atoms with van der Waals surface area (Å²) in [6.07, 6.45) is 1.73. The van der Waals surface area contributed by atoms with Crippen molar-refractivity contribution in [2.45, 2.75) is 25.4 Å². The molecule has 2 unspecified atom stereocenters. The normalized spacial score (nSPS) is 33.0. The van der Waals surface area contributed by atoms with Crippen LogP contribution >= 0.6 is 0 Å². The molecule has 2 amide bonds. The summed E-state index contributed by atoms with van der Waals surface area (Å²) in [5.41, 5.74) is 10.7. The molecule has 2 fully saturated rings. The second-order valence-electron chi connectivity index (χ2n) is 7.79. The number of hydrogen-bond acceptors (Lipinski definition) is 5. The van der Waals surface area contributed by atoms with Crippen molar-refractivity contribution >= 4 is 11.8 Å². The van der Waals surface area contributed by atoms with Crippen LogP contribution in [0.15, 0.2) is 36.0 Å². The number of amides is 2. The smallest absolute Gasteiger partial charge is 0.268 e. The van der Waals surface area contributed by atoms with Gasteiger partial charge in [-0.25, -0.2) is 0 Å². The van der Waals surface area contributed by atoms with E-state index in [2.05, 4.69) is 16.8 Å². The molecule has 144 valence electrons. The number of nitrogens with one attached hydrogen (secondary N) is 2. The van der Waals surface area contributed by atoms with Crippen molar-refractivity contribution in [3.05, 3.63) is 47.2 Å². The highest BCUT2D eigenvalue weighted by Crippen LogP contribution is 2.60. The van der Waals surface area contributed by atoms with Gasteiger partial charge in [-0.05, 0) is 37.3 Å². The van der Waals surface area contributed by atoms with Crippen LogP contribution in [0, 0.1) is 24.7 Å². The van der Waals surface area contributed by atoms with Crippen LogP contribution in [-0.4, -0.2) is 42.6 Å². The maximum Gasteiger partial charge on any atom is 0.268 e. The number of nitrogens with two attached hydrogens (primary N) is 1. The van der Waals surface area contributed by atoms with Crippen molar-refractivity contribution in [1.29, 1.82) is 0 Å². The summed E-state index contributed by atoms with van der Waals surface area (Å²) in [5.74, 6) is -0.0568. The fraction of sp³-hybridized carbons (Fsp3) is 0.500. The summed E-state index contributed by atoms with van der Waals surface area (Å²) in [6, 6.07) is 7.99. The third-order valence-electron chi connectivity index (χ3n) is 6.24. The molecule has 3 aliphatic rings. The van der Waals surface area contributed by atoms with Crippen LogP contribution in [0.4, 0.5) is 0 Å². The van der Waals surface area contributed by atoms with E-state index in [4.69, 9.17) is 10.5 Å². The Morgan fingerprint density at radius 1 is 1.37 bits per heavy atom. The molecule has 4 rings (SSSR count). The fourth-order valence-corrected chi connectivity index (χ4v) is 4.79. The Bertz CT molecular complexity index is 813. The number of likely N-dealkylation sites (N-methyl/N-ethyl adjacent to an activating group) is 1. The Balaban J connectivity index is 1.76. The molecule has 1 aliphatic carbocycles. The van der Waals surface area contributed by atoms with E-state index in [-0.39, 0.29) is 17.9 Å². The maximum absolute atomic E-state index is 12.8. The predicted molar refractivity (Wildman–Crippen MR) is 99.9 cm³/mol. The minimum Gasteiger partial charge on any atom is -0.381 e. The lowest BCUT2D eigenvalue weighted by Crippen LogP contribution is -2.60. The Morgan fingerprint density at radius 2 is 2.07 bits per heavy atom. The molecule has 0 radical (unpaired) electrons. The molecule has 1 aromatic rings. The Kier molecular flexibility index (Phi) is 4.24. The molecule has 2 heterocycles. The summed E-state index contributed by atoms with van der Waals surface area (Å²) >= 11 is 0. The number of benzene rings is 1. The Morgan fingerprint density at radius 3 is 2.67 bits per heavy atom. The molecule has 7 nitrogen and oxygen atoms in total. The quantitative estimate of drug-likeness (QED) is 0.706. The number of rotatable bonds is 5. The maximum atomic E-state index is 12.8. The number of ether oxygens (including phenoxy) is 1. The fourth-order valence-electron chi connectivity index (χ4n) is 4.79. The second kappa shape index (κ2) is 6.35. The molecule has 1 aromatic carbocycles. The highest BCUT2D eigenvalue weighted by Gasteiger charge is 2.69. The van der Waals surface area contributed by atoms with Crippen LogP contribution in [0.2, 0.25) is 0 Å². The number of nitrogens with zero attached hydrogens (tertiary/aromatic N) is 1. The van der Waals surface area contributed by atoms with Crippen LogP contribution in [0.25, 0.3) is 0 Å². The van der Waals surface area contributed by atoms with Crippen molar-refractivity contribution in [1.82, 2.24) is 15.8 Å². The molecule has 27 heavy (non-hydrogen) atoms. The van der Waals surface area contributed by atoms with Crippen LogP contribution in [0.5, 0.6) is 0 Å². The lowest BCUT2D eigenvalue weighted by molar-refractivity contribution is -0.132. The summed E-state index contributed by atoms with van der Waals surface area (Å²) in [4.78, 5) is 25.2. The summed E-state index contributed by atoms with van der Waals surface area (Å²) in [7, 11) is 1.57. The molecular formula is C20H26N4O3. The monoisotopic (exact) mass is 370 g/mol. The van der Waals surface area contributed by atoms with E-state index in [0.717, 1.165) is 11.1 Å². The van der Waals surface area contributed by atoms with Crippen LogP contribution < -0.4 is 16.5 Å². The van der Waals surface area contributed by atoms with Gasteiger partial charge in [0.15, 0.2) is 0 Å². The van der Waals surface area contributed by atoms with E-state index in [9.17, 15) is 9.59 Å². The molecule has 2 aliphatic heterocycles. The first kappa shape index (κ1) is 18.0. The lowest BCUT2D eigenvalue weighted by atomic mass is 9.86. The van der Waals surface area contributed by atoms with Crippen LogP contribution in [0.1, 0.15) is 24.1 Å². The largest absolute Gasteiger partial charge is 0.381 e. The molecule has 4 N–H and O–H groups in total. The van der Waals surface area contributed by atoms with Gasteiger partial charge in [-0.2, -0.15) is 5.01 Å². The SMILES string of the molecule is CNC(=O)C1=CC(C(N)=O)(C2[C@H]3COC[C@@H]23)N([C@@H](C)c2cccc(C)c2)N1. The standard InChI is InChI=1S/C20H26N4O3/c1-11-5-4-6-13(7-11)12(2)24-20(19(21)26,8-16(23-24)18(25)22-3)17-14-9-27-10-15(14)17/h4-8,12,14-15,17,23H,9-10H2,1-3H3,(H2,21,26)(H,22,25)/t12-,14-,15+,17?,20?/m0/s1. The zero-order chi connectivity index (χ0) is 19.3. The molecular weight excluding hydrogens is 344 g/mol. The van der Waals surface area contributed by atoms with Crippen LogP contribution in [0.3, 0.4) is 0 Å². The van der Waals surface area contributed by atoms with E-state index in [1.165, 1.54) is 0 Å². The van der Waals surface area contributed by atoms with Crippen molar-refractivity contribution in [2.24, 2.45) is 23.5 Å². The summed E-state index contributed by atoms with van der Waals surface area (Å²) in [6.45, 7) is 5.33. The van der Waals surface area contributed by atoms with Crippen molar-refractivity contribution in [2.75, 3.05) is 20.3 Å². The second-order valence-corrected chi connectivity index (χ2v) is 7.79. The van der Waals surface area contributed by atoms with Gasteiger partial charge in [0.05, 0.1) is 19.3 Å². The van der Waals surface area contributed by atoms with Crippen molar-refractivity contribution in [3.63, 3.8) is 0 Å². The minimum absolute atomic E-state index is 0.0469. The van der Waals surface area contributed by atoms with Crippen LogP contribution in [-0.2, 0) is 14.3 Å². The molecule has 7 heteroatoms. The van der Waals surface area contributed by atoms with Gasteiger partial charge in [0.2, 0.25) is 5.91 Å². The first-order valence-electron chi connectivity index (χ1n) is 9.35. The molecule has 0 bridgehead atoms. The molecule has 5 atom stereocenters. The third kappa shape index (κ3) is 2.64. The zero-order valence-electron chi connectivity index (χ0n) is 15.9. The Labute approximate surface area is 158 Å². The number of primary amides is 1. The van der Waals surface area contributed by atoms with Crippen molar-refractivity contribution < 1.29 is 14.3 Å². The van der Waals surface area contributed by atoms with Gasteiger partial charge in [-0.1, -0.05) is 29.8 Å².